The van der Waals surface area contributed by atoms with Gasteiger partial charge in [0, 0.05) is 17.8 Å². The molecule has 1 aliphatic heterocycles. The Hall–Kier alpha value is -3.61. The zero-order valence-corrected chi connectivity index (χ0v) is 16.5. The van der Waals surface area contributed by atoms with E-state index in [1.54, 1.807) is 55.5 Å². The van der Waals surface area contributed by atoms with Crippen LogP contribution in [-0.2, 0) is 19.1 Å². The van der Waals surface area contributed by atoms with Crippen LogP contribution in [0.25, 0.3) is 0 Å². The minimum absolute atomic E-state index is 0.155. The van der Waals surface area contributed by atoms with Crippen LogP contribution in [0.5, 0.6) is 5.75 Å². The van der Waals surface area contributed by atoms with Crippen molar-refractivity contribution in [2.75, 3.05) is 24.4 Å². The molecule has 0 aromatic heterocycles. The highest BCUT2D eigenvalue weighted by atomic mass is 16.5. The fraction of sp³-hybridized carbons (Fsp3) is 0.227. The van der Waals surface area contributed by atoms with Crippen molar-refractivity contribution in [1.82, 2.24) is 0 Å². The maximum absolute atomic E-state index is 13.0. The summed E-state index contributed by atoms with van der Waals surface area (Å²) in [5.74, 6) is -1.89. The molecule has 2 amide bonds. The number of esters is 1. The second kappa shape index (κ2) is 8.60. The normalized spacial score (nSPS) is 16.4. The van der Waals surface area contributed by atoms with Crippen molar-refractivity contribution in [3.63, 3.8) is 0 Å². The van der Waals surface area contributed by atoms with Crippen molar-refractivity contribution in [1.29, 1.82) is 0 Å². The predicted molar refractivity (Wildman–Crippen MR) is 108 cm³/mol. The number of ether oxygens (including phenoxy) is 2. The van der Waals surface area contributed by atoms with Gasteiger partial charge in [-0.3, -0.25) is 14.5 Å². The van der Waals surface area contributed by atoms with E-state index in [0.717, 1.165) is 0 Å². The predicted octanol–water partition coefficient (Wildman–Crippen LogP) is 3.13. The van der Waals surface area contributed by atoms with E-state index in [4.69, 9.17) is 9.47 Å². The molecule has 0 radical (unpaired) electrons. The summed E-state index contributed by atoms with van der Waals surface area (Å²) in [5.41, 5.74) is 1.61. The van der Waals surface area contributed by atoms with Crippen LogP contribution in [0.3, 0.4) is 0 Å². The number of carbonyl (C=O) groups is 3. The van der Waals surface area contributed by atoms with Crippen LogP contribution in [0.2, 0.25) is 0 Å². The van der Waals surface area contributed by atoms with E-state index in [1.165, 1.54) is 19.1 Å². The Kier molecular flexibility index (Phi) is 5.97. The lowest BCUT2D eigenvalue weighted by molar-refractivity contribution is -0.138. The Labute approximate surface area is 168 Å². The number of anilines is 2. The molecule has 0 spiro atoms. The molecule has 7 heteroatoms. The third-order valence-corrected chi connectivity index (χ3v) is 4.80. The second-order valence-electron chi connectivity index (χ2n) is 6.50. The summed E-state index contributed by atoms with van der Waals surface area (Å²) in [6, 6.07) is 15.9. The molecular formula is C22H22N2O5. The molecule has 0 unspecified atom stereocenters. The van der Waals surface area contributed by atoms with Crippen LogP contribution < -0.4 is 15.0 Å². The van der Waals surface area contributed by atoms with Crippen molar-refractivity contribution in [3.8, 4) is 5.75 Å². The Morgan fingerprint density at radius 2 is 1.69 bits per heavy atom. The van der Waals surface area contributed by atoms with E-state index < -0.39 is 17.8 Å². The molecule has 1 atom stereocenters. The smallest absolute Gasteiger partial charge is 0.336 e. The molecule has 2 aromatic carbocycles. The third-order valence-electron chi connectivity index (χ3n) is 4.80. The number of allylic oxidation sites excluding steroid dienone is 1. The average molecular weight is 394 g/mol. The zero-order chi connectivity index (χ0) is 21.0. The molecule has 3 rings (SSSR count). The van der Waals surface area contributed by atoms with Crippen molar-refractivity contribution in [3.05, 3.63) is 65.9 Å². The SMILES string of the molecule is COC(=O)C1=C(C)N(c2ccccc2)C(=O)C[C@H]1C(=O)Nc1ccccc1OC. The number of hydrogen-bond acceptors (Lipinski definition) is 5. The summed E-state index contributed by atoms with van der Waals surface area (Å²) in [7, 11) is 2.75. The molecule has 29 heavy (non-hydrogen) atoms. The van der Waals surface area contributed by atoms with Gasteiger partial charge in [0.25, 0.3) is 0 Å². The van der Waals surface area contributed by atoms with Gasteiger partial charge in [-0.15, -0.1) is 0 Å². The van der Waals surface area contributed by atoms with Gasteiger partial charge in [0.2, 0.25) is 11.8 Å². The summed E-state index contributed by atoms with van der Waals surface area (Å²) in [4.78, 5) is 39.9. The topological polar surface area (TPSA) is 84.9 Å². The quantitative estimate of drug-likeness (QED) is 0.788. The number of para-hydroxylation sites is 3. The highest BCUT2D eigenvalue weighted by molar-refractivity contribution is 6.10. The summed E-state index contributed by atoms with van der Waals surface area (Å²) in [5, 5.41) is 2.76. The van der Waals surface area contributed by atoms with Gasteiger partial charge in [-0.25, -0.2) is 4.79 Å². The Bertz CT molecular complexity index is 968. The van der Waals surface area contributed by atoms with E-state index in [9.17, 15) is 14.4 Å². The number of hydrogen-bond donors (Lipinski definition) is 1. The van der Waals surface area contributed by atoms with Crippen molar-refractivity contribution < 1.29 is 23.9 Å². The van der Waals surface area contributed by atoms with E-state index in [1.807, 2.05) is 6.07 Å². The van der Waals surface area contributed by atoms with Crippen LogP contribution in [0.4, 0.5) is 11.4 Å². The first-order chi connectivity index (χ1) is 14.0. The molecule has 1 aliphatic rings. The molecule has 0 saturated heterocycles. The first-order valence-electron chi connectivity index (χ1n) is 9.09. The lowest BCUT2D eigenvalue weighted by Crippen LogP contribution is -2.43. The van der Waals surface area contributed by atoms with Gasteiger partial charge in [0.05, 0.1) is 31.4 Å². The molecule has 150 valence electrons. The van der Waals surface area contributed by atoms with Gasteiger partial charge in [-0.1, -0.05) is 30.3 Å². The number of nitrogens with zero attached hydrogens (tertiary/aromatic N) is 1. The maximum Gasteiger partial charge on any atom is 0.336 e. The molecule has 0 aliphatic carbocycles. The fourth-order valence-corrected chi connectivity index (χ4v) is 3.43. The van der Waals surface area contributed by atoms with Gasteiger partial charge < -0.3 is 14.8 Å². The first kappa shape index (κ1) is 20.1. The average Bonchev–Trinajstić information content (AvgIpc) is 2.74. The molecule has 1 N–H and O–H groups in total. The zero-order valence-electron chi connectivity index (χ0n) is 16.5. The highest BCUT2D eigenvalue weighted by Crippen LogP contribution is 2.34. The number of benzene rings is 2. The fourth-order valence-electron chi connectivity index (χ4n) is 3.43. The summed E-state index contributed by atoms with van der Waals surface area (Å²) in [6.45, 7) is 1.64. The summed E-state index contributed by atoms with van der Waals surface area (Å²) in [6.07, 6.45) is -0.155. The van der Waals surface area contributed by atoms with Crippen LogP contribution in [-0.4, -0.2) is 32.0 Å². The van der Waals surface area contributed by atoms with Gasteiger partial charge in [-0.05, 0) is 31.2 Å². The maximum atomic E-state index is 13.0. The number of nitrogens with one attached hydrogen (secondary N) is 1. The van der Waals surface area contributed by atoms with Crippen molar-refractivity contribution in [2.45, 2.75) is 13.3 Å². The molecule has 7 nitrogen and oxygen atoms in total. The van der Waals surface area contributed by atoms with Gasteiger partial charge in [0.1, 0.15) is 5.75 Å². The van der Waals surface area contributed by atoms with Crippen LogP contribution in [0.1, 0.15) is 13.3 Å². The standard InChI is InChI=1S/C22H22N2O5/c1-14-20(22(27)29-3)16(13-19(25)24(14)15-9-5-4-6-10-15)21(26)23-17-11-7-8-12-18(17)28-2/h4-12,16H,13H2,1-3H3,(H,23,26)/t16-/m1/s1. The van der Waals surface area contributed by atoms with Gasteiger partial charge >= 0.3 is 5.97 Å². The van der Waals surface area contributed by atoms with Gasteiger partial charge in [-0.2, -0.15) is 0 Å². The van der Waals surface area contributed by atoms with E-state index in [2.05, 4.69) is 5.32 Å². The lowest BCUT2D eigenvalue weighted by Gasteiger charge is -2.33. The summed E-state index contributed by atoms with van der Waals surface area (Å²) < 4.78 is 10.2. The highest BCUT2D eigenvalue weighted by Gasteiger charge is 2.40. The number of rotatable bonds is 5. The largest absolute Gasteiger partial charge is 0.495 e. The molecule has 2 aromatic rings. The Morgan fingerprint density at radius 3 is 2.34 bits per heavy atom. The Balaban J connectivity index is 2.00. The van der Waals surface area contributed by atoms with Crippen LogP contribution in [0.15, 0.2) is 65.9 Å². The lowest BCUT2D eigenvalue weighted by atomic mass is 9.88. The molecule has 1 heterocycles. The molecular weight excluding hydrogens is 372 g/mol. The molecule has 0 saturated carbocycles. The third kappa shape index (κ3) is 3.99. The van der Waals surface area contributed by atoms with E-state index >= 15 is 0 Å². The van der Waals surface area contributed by atoms with Crippen LogP contribution >= 0.6 is 0 Å². The monoisotopic (exact) mass is 394 g/mol. The van der Waals surface area contributed by atoms with Crippen molar-refractivity contribution >= 4 is 29.2 Å². The minimum atomic E-state index is -0.972. The minimum Gasteiger partial charge on any atom is -0.495 e. The molecule has 0 fully saturated rings. The van der Waals surface area contributed by atoms with Crippen LogP contribution in [0, 0.1) is 5.92 Å². The van der Waals surface area contributed by atoms with E-state index in [0.29, 0.717) is 22.8 Å². The van der Waals surface area contributed by atoms with Crippen molar-refractivity contribution in [2.24, 2.45) is 5.92 Å². The number of carbonyl (C=O) groups excluding carboxylic acids is 3. The second-order valence-corrected chi connectivity index (χ2v) is 6.50. The van der Waals surface area contributed by atoms with E-state index in [-0.39, 0.29) is 17.9 Å². The number of amides is 2. The number of methoxy groups -OCH3 is 2. The Morgan fingerprint density at radius 1 is 1.03 bits per heavy atom. The van der Waals surface area contributed by atoms with Gasteiger partial charge in [0.15, 0.2) is 0 Å². The first-order valence-corrected chi connectivity index (χ1v) is 9.09. The summed E-state index contributed by atoms with van der Waals surface area (Å²) >= 11 is 0. The molecule has 0 bridgehead atoms.